The molecule has 0 aliphatic rings. The van der Waals surface area contributed by atoms with Gasteiger partial charge in [-0.05, 0) is 31.0 Å². The van der Waals surface area contributed by atoms with E-state index in [1.165, 1.54) is 11.3 Å². The van der Waals surface area contributed by atoms with Gasteiger partial charge in [-0.3, -0.25) is 14.8 Å². The molecule has 7 nitrogen and oxygen atoms in total. The fourth-order valence-corrected chi connectivity index (χ4v) is 3.33. The molecular formula is C18H18N4O3S. The molecular weight excluding hydrogens is 352 g/mol. The van der Waals surface area contributed by atoms with Gasteiger partial charge >= 0.3 is 0 Å². The molecule has 0 saturated heterocycles. The van der Waals surface area contributed by atoms with Crippen LogP contribution in [0.15, 0.2) is 42.5 Å². The van der Waals surface area contributed by atoms with Crippen LogP contribution in [0.1, 0.15) is 31.4 Å². The van der Waals surface area contributed by atoms with Crippen molar-refractivity contribution in [2.24, 2.45) is 0 Å². The monoisotopic (exact) mass is 370 g/mol. The molecule has 0 unspecified atom stereocenters. The summed E-state index contributed by atoms with van der Waals surface area (Å²) < 4.78 is 0. The van der Waals surface area contributed by atoms with E-state index in [0.29, 0.717) is 33.5 Å². The quantitative estimate of drug-likeness (QED) is 0.395. The maximum atomic E-state index is 12.4. The number of nitrogens with zero attached hydrogens (tertiary/aromatic N) is 1. The van der Waals surface area contributed by atoms with E-state index in [9.17, 15) is 9.59 Å². The summed E-state index contributed by atoms with van der Waals surface area (Å²) in [6.07, 6.45) is 0.744. The third kappa shape index (κ3) is 3.98. The molecule has 0 aliphatic heterocycles. The highest BCUT2D eigenvalue weighted by Crippen LogP contribution is 2.26. The molecule has 134 valence electrons. The van der Waals surface area contributed by atoms with Gasteiger partial charge in [0.25, 0.3) is 11.8 Å². The Kier molecular flexibility index (Phi) is 5.45. The maximum absolute atomic E-state index is 12.4. The number of amides is 2. The third-order valence-electron chi connectivity index (χ3n) is 3.81. The zero-order chi connectivity index (χ0) is 18.5. The van der Waals surface area contributed by atoms with Crippen LogP contribution in [0.2, 0.25) is 0 Å². The Morgan fingerprint density at radius 3 is 2.65 bits per heavy atom. The summed E-state index contributed by atoms with van der Waals surface area (Å²) in [4.78, 5) is 32.3. The second-order valence-electron chi connectivity index (χ2n) is 5.66. The molecule has 2 aromatic heterocycles. The number of thiophene rings is 1. The van der Waals surface area contributed by atoms with Gasteiger partial charge in [0.1, 0.15) is 11.5 Å². The topological polar surface area (TPSA) is 107 Å². The first kappa shape index (κ1) is 17.8. The van der Waals surface area contributed by atoms with Crippen molar-refractivity contribution >= 4 is 23.2 Å². The zero-order valence-corrected chi connectivity index (χ0v) is 14.9. The molecule has 2 amide bonds. The van der Waals surface area contributed by atoms with E-state index >= 15 is 0 Å². The molecule has 1 aromatic carbocycles. The second kappa shape index (κ2) is 7.94. The van der Waals surface area contributed by atoms with E-state index < -0.39 is 5.91 Å². The molecule has 4 N–H and O–H groups in total. The summed E-state index contributed by atoms with van der Waals surface area (Å²) in [5.74, 6) is -0.313. The van der Waals surface area contributed by atoms with Gasteiger partial charge in [-0.2, -0.15) is 0 Å². The fraction of sp³-hybridized carbons (Fsp3) is 0.167. The van der Waals surface area contributed by atoms with Crippen LogP contribution >= 0.6 is 11.3 Å². The first-order chi connectivity index (χ1) is 12.6. The average Bonchev–Trinajstić information content (AvgIpc) is 3.28. The van der Waals surface area contributed by atoms with Crippen molar-refractivity contribution in [3.63, 3.8) is 0 Å². The van der Waals surface area contributed by atoms with E-state index in [1.54, 1.807) is 24.5 Å². The summed E-state index contributed by atoms with van der Waals surface area (Å²) in [6.45, 7) is 2.29. The first-order valence-corrected chi connectivity index (χ1v) is 8.83. The van der Waals surface area contributed by atoms with Crippen LogP contribution in [-0.4, -0.2) is 33.5 Å². The van der Waals surface area contributed by atoms with Gasteiger partial charge < -0.3 is 10.3 Å². The van der Waals surface area contributed by atoms with Gasteiger partial charge in [0, 0.05) is 12.2 Å². The van der Waals surface area contributed by atoms with Crippen molar-refractivity contribution in [1.82, 2.24) is 20.8 Å². The van der Waals surface area contributed by atoms with Gasteiger partial charge in [-0.15, -0.1) is 11.3 Å². The van der Waals surface area contributed by atoms with Crippen LogP contribution in [0.5, 0.6) is 0 Å². The number of hydrogen-bond donors (Lipinski definition) is 4. The van der Waals surface area contributed by atoms with Crippen LogP contribution in [0, 0.1) is 6.92 Å². The zero-order valence-electron chi connectivity index (χ0n) is 14.1. The molecule has 3 aromatic rings. The molecule has 3 rings (SSSR count). The number of hydrogen-bond acceptors (Lipinski definition) is 5. The molecule has 0 fully saturated rings. The van der Waals surface area contributed by atoms with Crippen molar-refractivity contribution in [3.05, 3.63) is 64.3 Å². The number of rotatable bonds is 6. The molecule has 0 aliphatic carbocycles. The lowest BCUT2D eigenvalue weighted by Gasteiger charge is -2.04. The summed E-state index contributed by atoms with van der Waals surface area (Å²) in [7, 11) is 0. The largest absolute Gasteiger partial charge is 0.350 e. The highest BCUT2D eigenvalue weighted by atomic mass is 32.1. The summed E-state index contributed by atoms with van der Waals surface area (Å²) >= 11 is 1.17. The number of benzene rings is 1. The first-order valence-electron chi connectivity index (χ1n) is 8.02. The fourth-order valence-electron chi connectivity index (χ4n) is 2.49. The Hall–Kier alpha value is -2.97. The lowest BCUT2D eigenvalue weighted by atomic mass is 10.1. The molecule has 26 heavy (non-hydrogen) atoms. The average molecular weight is 370 g/mol. The number of nitrogens with one attached hydrogen (secondary N) is 3. The molecule has 0 radical (unpaired) electrons. The summed E-state index contributed by atoms with van der Waals surface area (Å²) in [6, 6.07) is 13.2. The number of carbonyl (C=O) groups is 2. The van der Waals surface area contributed by atoms with Crippen molar-refractivity contribution in [3.8, 4) is 10.7 Å². The maximum Gasteiger partial charge on any atom is 0.284 e. The standard InChI is InChI=1S/C18H18N4O3S/c1-11-15(18(24)19-10-9-12-5-3-2-4-6-12)21-16(20-11)13-7-8-14(26-13)17(23)22-25/h2-8,25H,9-10H2,1H3,(H,19,24)(H,20,21)(H,22,23). The minimum atomic E-state index is -0.580. The van der Waals surface area contributed by atoms with E-state index in [2.05, 4.69) is 15.3 Å². The number of aromatic amines is 1. The van der Waals surface area contributed by atoms with Gasteiger partial charge in [-0.25, -0.2) is 10.5 Å². The van der Waals surface area contributed by atoms with Crippen LogP contribution in [0.25, 0.3) is 10.7 Å². The van der Waals surface area contributed by atoms with E-state index in [-0.39, 0.29) is 5.91 Å². The second-order valence-corrected chi connectivity index (χ2v) is 6.74. The van der Waals surface area contributed by atoms with Crippen molar-refractivity contribution in [1.29, 1.82) is 0 Å². The molecule has 8 heteroatoms. The number of imidazole rings is 1. The van der Waals surface area contributed by atoms with E-state index in [4.69, 9.17) is 5.21 Å². The lowest BCUT2D eigenvalue weighted by molar-refractivity contribution is 0.0711. The SMILES string of the molecule is Cc1[nH]c(-c2ccc(C(=O)NO)s2)nc1C(=O)NCCc1ccccc1. The molecule has 0 atom stereocenters. The van der Waals surface area contributed by atoms with E-state index in [0.717, 1.165) is 12.0 Å². The lowest BCUT2D eigenvalue weighted by Crippen LogP contribution is -2.26. The number of H-pyrrole nitrogens is 1. The minimum Gasteiger partial charge on any atom is -0.350 e. The molecule has 0 spiro atoms. The van der Waals surface area contributed by atoms with Crippen LogP contribution in [0.4, 0.5) is 0 Å². The summed E-state index contributed by atoms with van der Waals surface area (Å²) in [5, 5.41) is 11.6. The van der Waals surface area contributed by atoms with Gasteiger partial charge in [0.2, 0.25) is 0 Å². The van der Waals surface area contributed by atoms with Crippen molar-refractivity contribution in [2.45, 2.75) is 13.3 Å². The van der Waals surface area contributed by atoms with Crippen LogP contribution in [-0.2, 0) is 6.42 Å². The predicted molar refractivity (Wildman–Crippen MR) is 98.4 cm³/mol. The number of hydroxylamine groups is 1. The Morgan fingerprint density at radius 2 is 1.92 bits per heavy atom. The Balaban J connectivity index is 1.66. The van der Waals surface area contributed by atoms with Gasteiger partial charge in [0.05, 0.1) is 9.75 Å². The third-order valence-corrected chi connectivity index (χ3v) is 4.90. The number of aryl methyl sites for hydroxylation is 1. The van der Waals surface area contributed by atoms with Crippen LogP contribution in [0.3, 0.4) is 0 Å². The van der Waals surface area contributed by atoms with E-state index in [1.807, 2.05) is 30.3 Å². The Labute approximate surface area is 154 Å². The Morgan fingerprint density at radius 1 is 1.15 bits per heavy atom. The minimum absolute atomic E-state index is 0.245. The number of aromatic nitrogens is 2. The highest BCUT2D eigenvalue weighted by molar-refractivity contribution is 7.17. The normalized spacial score (nSPS) is 10.5. The van der Waals surface area contributed by atoms with Crippen LogP contribution < -0.4 is 10.8 Å². The van der Waals surface area contributed by atoms with Crippen molar-refractivity contribution in [2.75, 3.05) is 6.54 Å². The number of carbonyl (C=O) groups excluding carboxylic acids is 2. The van der Waals surface area contributed by atoms with Crippen molar-refractivity contribution < 1.29 is 14.8 Å². The van der Waals surface area contributed by atoms with Gasteiger partial charge in [0.15, 0.2) is 0 Å². The molecule has 0 bridgehead atoms. The summed E-state index contributed by atoms with van der Waals surface area (Å²) in [5.41, 5.74) is 3.73. The predicted octanol–water partition coefficient (Wildman–Crippen LogP) is 2.54. The Bertz CT molecular complexity index is 918. The smallest absolute Gasteiger partial charge is 0.284 e. The van der Waals surface area contributed by atoms with Gasteiger partial charge in [-0.1, -0.05) is 30.3 Å². The molecule has 2 heterocycles. The molecule has 0 saturated carbocycles. The highest BCUT2D eigenvalue weighted by Gasteiger charge is 2.17.